The fourth-order valence-electron chi connectivity index (χ4n) is 1.81. The predicted molar refractivity (Wildman–Crippen MR) is 73.6 cm³/mol. The molecule has 18 heavy (non-hydrogen) atoms. The Balaban J connectivity index is 2.18. The summed E-state index contributed by atoms with van der Waals surface area (Å²) in [4.78, 5) is 4.05. The molecule has 3 nitrogen and oxygen atoms in total. The molecule has 0 spiro atoms. The van der Waals surface area contributed by atoms with E-state index in [-0.39, 0.29) is 0 Å². The molecule has 0 aliphatic rings. The smallest absolute Gasteiger partial charge is 0.122 e. The highest BCUT2D eigenvalue weighted by Gasteiger charge is 2.12. The lowest BCUT2D eigenvalue weighted by Gasteiger charge is -2.13. The zero-order valence-corrected chi connectivity index (χ0v) is 11.6. The second kappa shape index (κ2) is 5.98. The molecule has 1 heterocycles. The predicted octanol–water partition coefficient (Wildman–Crippen LogP) is 3.13. The van der Waals surface area contributed by atoms with Gasteiger partial charge in [0.1, 0.15) is 5.75 Å². The molecule has 4 heteroatoms. The summed E-state index contributed by atoms with van der Waals surface area (Å²) >= 11 is 3.35. The van der Waals surface area contributed by atoms with Crippen LogP contribution in [0.15, 0.2) is 47.2 Å². The number of methoxy groups -OCH3 is 1. The topological polar surface area (TPSA) is 42.4 Å². The number of aliphatic hydroxyl groups is 1. The minimum atomic E-state index is -0.591. The first kappa shape index (κ1) is 13.1. The first-order valence-corrected chi connectivity index (χ1v) is 6.40. The van der Waals surface area contributed by atoms with E-state index >= 15 is 0 Å². The van der Waals surface area contributed by atoms with Gasteiger partial charge in [0.05, 0.1) is 13.2 Å². The number of benzene rings is 1. The van der Waals surface area contributed by atoms with E-state index < -0.39 is 6.10 Å². The van der Waals surface area contributed by atoms with Crippen molar-refractivity contribution in [3.63, 3.8) is 0 Å². The number of ether oxygens (including phenoxy) is 1. The number of aromatic nitrogens is 1. The number of aliphatic hydroxyl groups excluding tert-OH is 1. The van der Waals surface area contributed by atoms with Gasteiger partial charge in [0.2, 0.25) is 0 Å². The molecule has 2 aromatic rings. The van der Waals surface area contributed by atoms with Crippen molar-refractivity contribution in [3.05, 3.63) is 58.3 Å². The lowest BCUT2D eigenvalue weighted by Crippen LogP contribution is -2.03. The van der Waals surface area contributed by atoms with Crippen molar-refractivity contribution in [1.82, 2.24) is 4.98 Å². The molecular formula is C14H14BrNO2. The number of hydrogen-bond donors (Lipinski definition) is 1. The molecule has 1 aromatic heterocycles. The van der Waals surface area contributed by atoms with E-state index in [0.29, 0.717) is 6.42 Å². The Kier molecular flexibility index (Phi) is 4.33. The quantitative estimate of drug-likeness (QED) is 0.943. The van der Waals surface area contributed by atoms with Crippen LogP contribution in [0.4, 0.5) is 0 Å². The van der Waals surface area contributed by atoms with Gasteiger partial charge in [-0.25, -0.2) is 0 Å². The molecular weight excluding hydrogens is 294 g/mol. The Morgan fingerprint density at radius 3 is 2.83 bits per heavy atom. The van der Waals surface area contributed by atoms with E-state index in [1.165, 1.54) is 0 Å². The lowest BCUT2D eigenvalue weighted by molar-refractivity contribution is 0.176. The van der Waals surface area contributed by atoms with Crippen molar-refractivity contribution in [2.45, 2.75) is 12.5 Å². The Hall–Kier alpha value is -1.39. The Morgan fingerprint density at radius 2 is 2.11 bits per heavy atom. The number of hydrogen-bond acceptors (Lipinski definition) is 3. The molecule has 1 N–H and O–H groups in total. The summed E-state index contributed by atoms with van der Waals surface area (Å²) in [7, 11) is 1.63. The zero-order chi connectivity index (χ0) is 13.0. The second-order valence-electron chi connectivity index (χ2n) is 3.97. The molecule has 0 aliphatic carbocycles. The average molecular weight is 308 g/mol. The third-order valence-corrected chi connectivity index (χ3v) is 3.15. The van der Waals surface area contributed by atoms with Gasteiger partial charge in [-0.15, -0.1) is 0 Å². The highest BCUT2D eigenvalue weighted by molar-refractivity contribution is 9.10. The first-order chi connectivity index (χ1) is 8.70. The van der Waals surface area contributed by atoms with Crippen LogP contribution in [0.5, 0.6) is 5.75 Å². The van der Waals surface area contributed by atoms with E-state index in [9.17, 15) is 5.11 Å². The largest absolute Gasteiger partial charge is 0.496 e. The molecule has 0 fully saturated rings. The molecule has 1 atom stereocenters. The molecule has 0 bridgehead atoms. The Labute approximate surface area is 115 Å². The summed E-state index contributed by atoms with van der Waals surface area (Å²) in [5.41, 5.74) is 1.77. The van der Waals surface area contributed by atoms with Gasteiger partial charge in [-0.3, -0.25) is 4.98 Å². The molecule has 0 radical (unpaired) electrons. The maximum atomic E-state index is 10.2. The van der Waals surface area contributed by atoms with Crippen molar-refractivity contribution in [2.24, 2.45) is 0 Å². The van der Waals surface area contributed by atoms with E-state index in [2.05, 4.69) is 20.9 Å². The normalized spacial score (nSPS) is 12.2. The van der Waals surface area contributed by atoms with Gasteiger partial charge < -0.3 is 9.84 Å². The molecule has 0 amide bonds. The van der Waals surface area contributed by atoms with Crippen LogP contribution < -0.4 is 4.74 Å². The van der Waals surface area contributed by atoms with Crippen molar-refractivity contribution >= 4 is 15.9 Å². The van der Waals surface area contributed by atoms with Crippen LogP contribution in [0.2, 0.25) is 0 Å². The first-order valence-electron chi connectivity index (χ1n) is 5.61. The van der Waals surface area contributed by atoms with Gasteiger partial charge in [0.25, 0.3) is 0 Å². The van der Waals surface area contributed by atoms with Crippen LogP contribution in [0.25, 0.3) is 0 Å². The van der Waals surface area contributed by atoms with Crippen LogP contribution >= 0.6 is 15.9 Å². The van der Waals surface area contributed by atoms with E-state index in [4.69, 9.17) is 4.74 Å². The van der Waals surface area contributed by atoms with Gasteiger partial charge in [-0.1, -0.05) is 18.2 Å². The van der Waals surface area contributed by atoms with E-state index in [1.54, 1.807) is 19.5 Å². The van der Waals surface area contributed by atoms with Crippen molar-refractivity contribution in [2.75, 3.05) is 7.11 Å². The SMILES string of the molecule is COc1ccccc1CC(O)c1cncc(Br)c1. The fourth-order valence-corrected chi connectivity index (χ4v) is 2.19. The maximum Gasteiger partial charge on any atom is 0.122 e. The average Bonchev–Trinajstić information content (AvgIpc) is 2.39. The van der Waals surface area contributed by atoms with Crippen molar-refractivity contribution in [1.29, 1.82) is 0 Å². The Morgan fingerprint density at radius 1 is 1.33 bits per heavy atom. The fraction of sp³-hybridized carbons (Fsp3) is 0.214. The van der Waals surface area contributed by atoms with Gasteiger partial charge in [0.15, 0.2) is 0 Å². The third-order valence-electron chi connectivity index (χ3n) is 2.72. The van der Waals surface area contributed by atoms with Gasteiger partial charge in [-0.2, -0.15) is 0 Å². The number of rotatable bonds is 4. The van der Waals surface area contributed by atoms with E-state index in [0.717, 1.165) is 21.3 Å². The second-order valence-corrected chi connectivity index (χ2v) is 4.88. The summed E-state index contributed by atoms with van der Waals surface area (Å²) in [5.74, 6) is 0.791. The minimum absolute atomic E-state index is 0.502. The molecule has 0 saturated heterocycles. The summed E-state index contributed by atoms with van der Waals surface area (Å²) in [6.07, 6.45) is 3.28. The van der Waals surface area contributed by atoms with Gasteiger partial charge >= 0.3 is 0 Å². The molecule has 2 rings (SSSR count). The van der Waals surface area contributed by atoms with Crippen LogP contribution in [0, 0.1) is 0 Å². The number of para-hydroxylation sites is 1. The number of nitrogens with zero attached hydrogens (tertiary/aromatic N) is 1. The standard InChI is InChI=1S/C14H14BrNO2/c1-18-14-5-3-2-4-10(14)7-13(17)11-6-12(15)9-16-8-11/h2-6,8-9,13,17H,7H2,1H3. The third kappa shape index (κ3) is 3.09. The highest BCUT2D eigenvalue weighted by Crippen LogP contribution is 2.25. The number of halogens is 1. The maximum absolute atomic E-state index is 10.2. The minimum Gasteiger partial charge on any atom is -0.496 e. The summed E-state index contributed by atoms with van der Waals surface area (Å²) < 4.78 is 6.13. The Bertz CT molecular complexity index is 531. The van der Waals surface area contributed by atoms with Gasteiger partial charge in [0, 0.05) is 28.9 Å². The monoisotopic (exact) mass is 307 g/mol. The molecule has 1 unspecified atom stereocenters. The van der Waals surface area contributed by atoms with E-state index in [1.807, 2.05) is 30.3 Å². The zero-order valence-electron chi connectivity index (χ0n) is 10.0. The van der Waals surface area contributed by atoms with Crippen LogP contribution in [0.1, 0.15) is 17.2 Å². The van der Waals surface area contributed by atoms with Crippen LogP contribution in [-0.4, -0.2) is 17.2 Å². The van der Waals surface area contributed by atoms with Crippen molar-refractivity contribution < 1.29 is 9.84 Å². The van der Waals surface area contributed by atoms with Crippen LogP contribution in [0.3, 0.4) is 0 Å². The summed E-state index contributed by atoms with van der Waals surface area (Å²) in [5, 5.41) is 10.2. The lowest BCUT2D eigenvalue weighted by atomic mass is 10.0. The van der Waals surface area contributed by atoms with Gasteiger partial charge in [-0.05, 0) is 33.6 Å². The summed E-state index contributed by atoms with van der Waals surface area (Å²) in [6, 6.07) is 9.56. The molecule has 94 valence electrons. The van der Waals surface area contributed by atoms with Crippen LogP contribution in [-0.2, 0) is 6.42 Å². The summed E-state index contributed by atoms with van der Waals surface area (Å²) in [6.45, 7) is 0. The number of pyridine rings is 1. The van der Waals surface area contributed by atoms with Crippen molar-refractivity contribution in [3.8, 4) is 5.75 Å². The molecule has 0 saturated carbocycles. The molecule has 0 aliphatic heterocycles. The molecule has 1 aromatic carbocycles. The highest BCUT2D eigenvalue weighted by atomic mass is 79.9.